The Morgan fingerprint density at radius 1 is 1.58 bits per heavy atom. The third-order valence-corrected chi connectivity index (χ3v) is 1.70. The third kappa shape index (κ3) is 2.47. The van der Waals surface area contributed by atoms with Crippen LogP contribution in [0.2, 0.25) is 0 Å². The summed E-state index contributed by atoms with van der Waals surface area (Å²) in [5, 5.41) is 3.05. The summed E-state index contributed by atoms with van der Waals surface area (Å²) in [6.45, 7) is 2.98. The van der Waals surface area contributed by atoms with Crippen LogP contribution < -0.4 is 5.32 Å². The molecule has 1 heterocycles. The van der Waals surface area contributed by atoms with E-state index in [-0.39, 0.29) is 0 Å². The molecule has 0 amide bonds. The molecule has 0 radical (unpaired) electrons. The van der Waals surface area contributed by atoms with Gasteiger partial charge in [-0.2, -0.15) is 0 Å². The Bertz CT molecular complexity index is 266. The molecule has 0 saturated carbocycles. The van der Waals surface area contributed by atoms with Crippen molar-refractivity contribution in [2.24, 2.45) is 0 Å². The van der Waals surface area contributed by atoms with Gasteiger partial charge in [0.05, 0.1) is 0 Å². The van der Waals surface area contributed by atoms with Crippen molar-refractivity contribution in [2.45, 2.75) is 6.92 Å². The van der Waals surface area contributed by atoms with Gasteiger partial charge in [-0.3, -0.25) is 4.98 Å². The van der Waals surface area contributed by atoms with Gasteiger partial charge in [-0.1, -0.05) is 12.2 Å². The zero-order chi connectivity index (χ0) is 8.81. The van der Waals surface area contributed by atoms with Gasteiger partial charge in [-0.05, 0) is 31.2 Å². The normalized spacial score (nSPS) is 10.8. The highest BCUT2D eigenvalue weighted by molar-refractivity contribution is 5.51. The summed E-state index contributed by atoms with van der Waals surface area (Å²) < 4.78 is 0. The molecule has 12 heavy (non-hydrogen) atoms. The lowest BCUT2D eigenvalue weighted by atomic mass is 10.1. The molecule has 0 aliphatic rings. The van der Waals surface area contributed by atoms with Gasteiger partial charge >= 0.3 is 0 Å². The highest BCUT2D eigenvalue weighted by Gasteiger charge is 1.90. The van der Waals surface area contributed by atoms with Crippen LogP contribution in [0.5, 0.6) is 0 Å². The predicted molar refractivity (Wildman–Crippen MR) is 51.9 cm³/mol. The molecule has 1 rings (SSSR count). The molecular weight excluding hydrogens is 148 g/mol. The average molecular weight is 162 g/mol. The lowest BCUT2D eigenvalue weighted by Crippen LogP contribution is -2.03. The van der Waals surface area contributed by atoms with Crippen molar-refractivity contribution in [3.05, 3.63) is 35.7 Å². The molecule has 1 N–H and O–H groups in total. The Morgan fingerprint density at radius 3 is 3.08 bits per heavy atom. The molecular formula is C10H14N2. The van der Waals surface area contributed by atoms with E-state index in [1.54, 1.807) is 0 Å². The van der Waals surface area contributed by atoms with E-state index in [1.807, 2.05) is 25.5 Å². The number of likely N-dealkylation sites (N-methyl/N-ethyl adjacent to an activating group) is 1. The van der Waals surface area contributed by atoms with Crippen molar-refractivity contribution >= 4 is 6.08 Å². The van der Waals surface area contributed by atoms with E-state index in [0.29, 0.717) is 0 Å². The van der Waals surface area contributed by atoms with Gasteiger partial charge in [-0.15, -0.1) is 0 Å². The summed E-state index contributed by atoms with van der Waals surface area (Å²) >= 11 is 0. The number of nitrogens with one attached hydrogen (secondary N) is 1. The first-order valence-electron chi connectivity index (χ1n) is 4.06. The van der Waals surface area contributed by atoms with E-state index < -0.39 is 0 Å². The largest absolute Gasteiger partial charge is 0.316 e. The number of aromatic nitrogens is 1. The molecule has 0 aliphatic heterocycles. The quantitative estimate of drug-likeness (QED) is 0.730. The van der Waals surface area contributed by atoms with Crippen molar-refractivity contribution in [3.8, 4) is 0 Å². The Balaban J connectivity index is 2.68. The first-order chi connectivity index (χ1) is 5.84. The average Bonchev–Trinajstić information content (AvgIpc) is 2.09. The molecule has 64 valence electrons. The molecule has 0 saturated heterocycles. The zero-order valence-electron chi connectivity index (χ0n) is 7.54. The van der Waals surface area contributed by atoms with E-state index in [4.69, 9.17) is 0 Å². The van der Waals surface area contributed by atoms with Crippen LogP contribution in [0.15, 0.2) is 24.5 Å². The minimum absolute atomic E-state index is 0.897. The van der Waals surface area contributed by atoms with Crippen LogP contribution in [0.4, 0.5) is 0 Å². The molecule has 0 atom stereocenters. The summed E-state index contributed by atoms with van der Waals surface area (Å²) in [4.78, 5) is 4.05. The summed E-state index contributed by atoms with van der Waals surface area (Å²) in [6, 6.07) is 2.01. The smallest absolute Gasteiger partial charge is 0.0342 e. The molecule has 0 fully saturated rings. The van der Waals surface area contributed by atoms with E-state index in [2.05, 4.69) is 29.4 Å². The van der Waals surface area contributed by atoms with E-state index in [0.717, 1.165) is 6.54 Å². The van der Waals surface area contributed by atoms with Crippen molar-refractivity contribution in [1.29, 1.82) is 0 Å². The highest BCUT2D eigenvalue weighted by Crippen LogP contribution is 2.06. The number of aryl methyl sites for hydroxylation is 1. The minimum Gasteiger partial charge on any atom is -0.316 e. The fraction of sp³-hybridized carbons (Fsp3) is 0.300. The molecule has 2 heteroatoms. The van der Waals surface area contributed by atoms with Gasteiger partial charge in [0.25, 0.3) is 0 Å². The number of hydrogen-bond acceptors (Lipinski definition) is 2. The zero-order valence-corrected chi connectivity index (χ0v) is 7.54. The van der Waals surface area contributed by atoms with Crippen LogP contribution in [0.25, 0.3) is 6.08 Å². The number of pyridine rings is 1. The second-order valence-corrected chi connectivity index (χ2v) is 2.69. The molecule has 0 bridgehead atoms. The van der Waals surface area contributed by atoms with Gasteiger partial charge in [0.1, 0.15) is 0 Å². The summed E-state index contributed by atoms with van der Waals surface area (Å²) in [6.07, 6.45) is 7.86. The maximum Gasteiger partial charge on any atom is 0.0342 e. The van der Waals surface area contributed by atoms with Crippen LogP contribution in [0, 0.1) is 6.92 Å². The first-order valence-corrected chi connectivity index (χ1v) is 4.06. The molecule has 1 aromatic heterocycles. The van der Waals surface area contributed by atoms with Gasteiger partial charge in [0.2, 0.25) is 0 Å². The monoisotopic (exact) mass is 162 g/mol. The maximum absolute atomic E-state index is 4.05. The van der Waals surface area contributed by atoms with Gasteiger partial charge in [0, 0.05) is 18.9 Å². The van der Waals surface area contributed by atoms with Gasteiger partial charge in [0.15, 0.2) is 0 Å². The van der Waals surface area contributed by atoms with Gasteiger partial charge in [-0.25, -0.2) is 0 Å². The molecule has 0 unspecified atom stereocenters. The third-order valence-electron chi connectivity index (χ3n) is 1.70. The molecule has 2 nitrogen and oxygen atoms in total. The van der Waals surface area contributed by atoms with Crippen LogP contribution in [0.3, 0.4) is 0 Å². The van der Waals surface area contributed by atoms with E-state index in [9.17, 15) is 0 Å². The number of rotatable bonds is 3. The SMILES string of the molecule is CNCC=Cc1cnccc1C. The first kappa shape index (κ1) is 8.94. The Kier molecular flexibility index (Phi) is 3.48. The summed E-state index contributed by atoms with van der Waals surface area (Å²) in [5.74, 6) is 0. The number of hydrogen-bond donors (Lipinski definition) is 1. The van der Waals surface area contributed by atoms with E-state index >= 15 is 0 Å². The standard InChI is InChI=1S/C10H14N2/c1-9-5-7-12-8-10(9)4-3-6-11-2/h3-5,7-8,11H,6H2,1-2H3. The van der Waals surface area contributed by atoms with Crippen LogP contribution in [-0.4, -0.2) is 18.6 Å². The molecule has 0 spiro atoms. The Labute approximate surface area is 73.3 Å². The van der Waals surface area contributed by atoms with Crippen LogP contribution in [0.1, 0.15) is 11.1 Å². The lowest BCUT2D eigenvalue weighted by molar-refractivity contribution is 0.922. The van der Waals surface area contributed by atoms with Crippen LogP contribution >= 0.6 is 0 Å². The number of nitrogens with zero attached hydrogens (tertiary/aromatic N) is 1. The van der Waals surface area contributed by atoms with Gasteiger partial charge < -0.3 is 5.32 Å². The van der Waals surface area contributed by atoms with Crippen LogP contribution in [-0.2, 0) is 0 Å². The second-order valence-electron chi connectivity index (χ2n) is 2.69. The van der Waals surface area contributed by atoms with Crippen molar-refractivity contribution in [2.75, 3.05) is 13.6 Å². The molecule has 1 aromatic rings. The maximum atomic E-state index is 4.05. The molecule has 0 aromatic carbocycles. The molecule has 0 aliphatic carbocycles. The van der Waals surface area contributed by atoms with Crippen molar-refractivity contribution < 1.29 is 0 Å². The fourth-order valence-electron chi connectivity index (χ4n) is 0.954. The summed E-state index contributed by atoms with van der Waals surface area (Å²) in [7, 11) is 1.93. The second kappa shape index (κ2) is 4.67. The van der Waals surface area contributed by atoms with Crippen molar-refractivity contribution in [1.82, 2.24) is 10.3 Å². The van der Waals surface area contributed by atoms with E-state index in [1.165, 1.54) is 11.1 Å². The fourth-order valence-corrected chi connectivity index (χ4v) is 0.954. The minimum atomic E-state index is 0.897. The van der Waals surface area contributed by atoms with Crippen molar-refractivity contribution in [3.63, 3.8) is 0 Å². The topological polar surface area (TPSA) is 24.9 Å². The Morgan fingerprint density at radius 2 is 2.42 bits per heavy atom. The predicted octanol–water partition coefficient (Wildman–Crippen LogP) is 1.62. The Hall–Kier alpha value is -1.15. The summed E-state index contributed by atoms with van der Waals surface area (Å²) in [5.41, 5.74) is 2.45. The lowest BCUT2D eigenvalue weighted by Gasteiger charge is -1.97. The highest BCUT2D eigenvalue weighted by atomic mass is 14.8.